The number of nitrogens with zero attached hydrogens (tertiary/aromatic N) is 2. The number of nitrogens with one attached hydrogen (secondary N) is 3. The minimum atomic E-state index is -4.52. The molecule has 1 fully saturated rings. The maximum atomic E-state index is 13.6. The monoisotopic (exact) mass is 581 g/mol. The molecule has 0 spiro atoms. The standard InChI is InChI=1S/C22H24F5N5O6S/c1-12(33)28-8-14-10-32(39(35,36)18-9-29-31-15(18)7-19(23)24)16-6-13(2-3-17(16)38-14)30-20(34)37-11-21(4-5-21)22(25,26)27/h2-3,6,9,14,19H,4-5,7-8,10-11H2,1H3,(H,28,33)(H,29,31)(H,30,34). The molecule has 1 unspecified atom stereocenters. The number of benzene rings is 1. The normalized spacial score (nSPS) is 18.2. The van der Waals surface area contributed by atoms with Crippen molar-refractivity contribution in [1.29, 1.82) is 0 Å². The maximum absolute atomic E-state index is 13.6. The molecule has 1 aromatic carbocycles. The summed E-state index contributed by atoms with van der Waals surface area (Å²) in [5.41, 5.74) is -2.51. The molecule has 11 nitrogen and oxygen atoms in total. The number of aromatic nitrogens is 2. The molecule has 17 heteroatoms. The maximum Gasteiger partial charge on any atom is 0.411 e. The Hall–Kier alpha value is -3.63. The van der Waals surface area contributed by atoms with Gasteiger partial charge in [-0.05, 0) is 31.0 Å². The first kappa shape index (κ1) is 28.4. The zero-order valence-corrected chi connectivity index (χ0v) is 21.2. The number of amides is 2. The van der Waals surface area contributed by atoms with Crippen molar-refractivity contribution in [3.05, 3.63) is 30.1 Å². The molecule has 1 atom stereocenters. The lowest BCUT2D eigenvalue weighted by Crippen LogP contribution is -2.48. The van der Waals surface area contributed by atoms with Gasteiger partial charge in [-0.1, -0.05) is 0 Å². The Morgan fingerprint density at radius 1 is 1.31 bits per heavy atom. The summed E-state index contributed by atoms with van der Waals surface area (Å²) in [6.07, 6.45) is -9.78. The van der Waals surface area contributed by atoms with E-state index in [1.165, 1.54) is 25.1 Å². The molecule has 1 aliphatic carbocycles. The topological polar surface area (TPSA) is 143 Å². The summed E-state index contributed by atoms with van der Waals surface area (Å²) in [6.45, 7) is -0.0421. The number of anilines is 2. The second kappa shape index (κ2) is 10.5. The molecule has 0 radical (unpaired) electrons. The van der Waals surface area contributed by atoms with Crippen molar-refractivity contribution in [3.63, 3.8) is 0 Å². The Balaban J connectivity index is 1.60. The first-order valence-electron chi connectivity index (χ1n) is 11.6. The van der Waals surface area contributed by atoms with Crippen molar-refractivity contribution >= 4 is 33.4 Å². The molecule has 0 bridgehead atoms. The van der Waals surface area contributed by atoms with Crippen LogP contribution in [0.4, 0.5) is 38.1 Å². The van der Waals surface area contributed by atoms with Gasteiger partial charge in [0, 0.05) is 12.6 Å². The van der Waals surface area contributed by atoms with Gasteiger partial charge < -0.3 is 14.8 Å². The molecule has 2 heterocycles. The van der Waals surface area contributed by atoms with E-state index in [0.29, 0.717) is 0 Å². The molecule has 2 aliphatic rings. The molecule has 214 valence electrons. The zero-order valence-electron chi connectivity index (χ0n) is 20.3. The number of hydrogen-bond donors (Lipinski definition) is 3. The molecule has 39 heavy (non-hydrogen) atoms. The second-order valence-corrected chi connectivity index (χ2v) is 11.0. The van der Waals surface area contributed by atoms with Gasteiger partial charge in [-0.25, -0.2) is 22.0 Å². The van der Waals surface area contributed by atoms with Crippen LogP contribution in [0.15, 0.2) is 29.3 Å². The lowest BCUT2D eigenvalue weighted by molar-refractivity contribution is -0.196. The number of rotatable bonds is 9. The fourth-order valence-corrected chi connectivity index (χ4v) is 5.57. The van der Waals surface area contributed by atoms with Crippen LogP contribution >= 0.6 is 0 Å². The predicted molar refractivity (Wildman–Crippen MR) is 125 cm³/mol. The Bertz CT molecular complexity index is 1350. The summed E-state index contributed by atoms with van der Waals surface area (Å²) in [5.74, 6) is -0.378. The lowest BCUT2D eigenvalue weighted by Gasteiger charge is -2.35. The van der Waals surface area contributed by atoms with Crippen LogP contribution in [-0.2, 0) is 26.0 Å². The van der Waals surface area contributed by atoms with E-state index in [9.17, 15) is 40.0 Å². The van der Waals surface area contributed by atoms with Crippen LogP contribution in [0.1, 0.15) is 25.5 Å². The van der Waals surface area contributed by atoms with E-state index in [1.54, 1.807) is 0 Å². The van der Waals surface area contributed by atoms with Crippen LogP contribution in [0, 0.1) is 5.41 Å². The molecule has 3 N–H and O–H groups in total. The van der Waals surface area contributed by atoms with Crippen molar-refractivity contribution in [1.82, 2.24) is 15.5 Å². The van der Waals surface area contributed by atoms with E-state index in [1.807, 2.05) is 0 Å². The highest BCUT2D eigenvalue weighted by Crippen LogP contribution is 2.57. The van der Waals surface area contributed by atoms with Crippen LogP contribution in [0.25, 0.3) is 0 Å². The van der Waals surface area contributed by atoms with E-state index in [4.69, 9.17) is 9.47 Å². The number of sulfonamides is 1. The zero-order chi connectivity index (χ0) is 28.6. The summed E-state index contributed by atoms with van der Waals surface area (Å²) in [7, 11) is -4.52. The molecule has 1 saturated carbocycles. The van der Waals surface area contributed by atoms with Gasteiger partial charge in [-0.3, -0.25) is 19.5 Å². The largest absolute Gasteiger partial charge is 0.484 e. The Labute approximate surface area is 219 Å². The third-order valence-electron chi connectivity index (χ3n) is 6.26. The van der Waals surface area contributed by atoms with E-state index < -0.39 is 64.1 Å². The number of ether oxygens (including phenoxy) is 2. The Morgan fingerprint density at radius 3 is 2.64 bits per heavy atom. The molecule has 1 aliphatic heterocycles. The first-order chi connectivity index (χ1) is 18.2. The van der Waals surface area contributed by atoms with E-state index in [2.05, 4.69) is 20.8 Å². The van der Waals surface area contributed by atoms with Gasteiger partial charge in [-0.15, -0.1) is 0 Å². The smallest absolute Gasteiger partial charge is 0.411 e. The summed E-state index contributed by atoms with van der Waals surface area (Å²) < 4.78 is 104. The first-order valence-corrected chi connectivity index (χ1v) is 13.0. The van der Waals surface area contributed by atoms with Gasteiger partial charge in [0.2, 0.25) is 12.3 Å². The third-order valence-corrected chi connectivity index (χ3v) is 8.09. The highest BCUT2D eigenvalue weighted by atomic mass is 32.2. The average Bonchev–Trinajstić information content (AvgIpc) is 3.52. The fourth-order valence-electron chi connectivity index (χ4n) is 3.94. The number of hydrogen-bond acceptors (Lipinski definition) is 7. The number of carbonyl (C=O) groups excluding carboxylic acids is 2. The predicted octanol–water partition coefficient (Wildman–Crippen LogP) is 3.20. The number of fused-ring (bicyclic) bond motifs is 1. The van der Waals surface area contributed by atoms with Crippen LogP contribution in [-0.4, -0.2) is 69.0 Å². The van der Waals surface area contributed by atoms with E-state index in [0.717, 1.165) is 10.5 Å². The number of carbonyl (C=O) groups is 2. The van der Waals surface area contributed by atoms with E-state index >= 15 is 0 Å². The SMILES string of the molecule is CC(=O)NCC1CN(S(=O)(=O)c2cn[nH]c2CC(F)F)c2cc(NC(=O)OCC3(C(F)(F)F)CC3)ccc2O1. The molecule has 2 amide bonds. The number of halogens is 5. The van der Waals surface area contributed by atoms with Gasteiger partial charge in [0.25, 0.3) is 10.0 Å². The highest BCUT2D eigenvalue weighted by Gasteiger charge is 2.64. The van der Waals surface area contributed by atoms with Crippen LogP contribution in [0.3, 0.4) is 0 Å². The van der Waals surface area contributed by atoms with Crippen molar-refractivity contribution in [2.45, 2.75) is 49.8 Å². The minimum Gasteiger partial charge on any atom is -0.484 e. The third kappa shape index (κ3) is 6.17. The summed E-state index contributed by atoms with van der Waals surface area (Å²) in [5, 5.41) is 10.6. The molecule has 4 rings (SSSR count). The average molecular weight is 582 g/mol. The van der Waals surface area contributed by atoms with Crippen molar-refractivity contribution in [3.8, 4) is 5.75 Å². The van der Waals surface area contributed by atoms with Gasteiger partial charge >= 0.3 is 12.3 Å². The van der Waals surface area contributed by atoms with Crippen LogP contribution in [0.2, 0.25) is 0 Å². The second-order valence-electron chi connectivity index (χ2n) is 9.18. The minimum absolute atomic E-state index is 0.0204. The van der Waals surface area contributed by atoms with Gasteiger partial charge in [0.1, 0.15) is 28.8 Å². The molecular formula is C22H24F5N5O6S. The van der Waals surface area contributed by atoms with Crippen molar-refractivity contribution in [2.75, 3.05) is 29.3 Å². The lowest BCUT2D eigenvalue weighted by atomic mass is 10.1. The van der Waals surface area contributed by atoms with Crippen LogP contribution < -0.4 is 19.7 Å². The van der Waals surface area contributed by atoms with Crippen molar-refractivity contribution in [2.24, 2.45) is 5.41 Å². The summed E-state index contributed by atoms with van der Waals surface area (Å²) in [4.78, 5) is 23.1. The molecule has 1 aromatic heterocycles. The van der Waals surface area contributed by atoms with Crippen molar-refractivity contribution < 1.29 is 49.4 Å². The number of alkyl halides is 5. The molecule has 0 saturated heterocycles. The fraction of sp³-hybridized carbons (Fsp3) is 0.500. The van der Waals surface area contributed by atoms with Gasteiger partial charge in [0.15, 0.2) is 0 Å². The van der Waals surface area contributed by atoms with Crippen LogP contribution in [0.5, 0.6) is 5.75 Å². The number of aromatic amines is 1. The Morgan fingerprint density at radius 2 is 2.03 bits per heavy atom. The molecule has 2 aromatic rings. The summed E-state index contributed by atoms with van der Waals surface area (Å²) >= 11 is 0. The quantitative estimate of drug-likeness (QED) is 0.386. The Kier molecular flexibility index (Phi) is 7.64. The highest BCUT2D eigenvalue weighted by molar-refractivity contribution is 7.92. The van der Waals surface area contributed by atoms with Gasteiger partial charge in [0.05, 0.1) is 37.1 Å². The molecular weight excluding hydrogens is 557 g/mol. The number of H-pyrrole nitrogens is 1. The van der Waals surface area contributed by atoms with E-state index in [-0.39, 0.29) is 48.7 Å². The van der Waals surface area contributed by atoms with Gasteiger partial charge in [-0.2, -0.15) is 18.3 Å². The summed E-state index contributed by atoms with van der Waals surface area (Å²) in [6, 6.07) is 3.80.